The maximum absolute atomic E-state index is 11.2. The van der Waals surface area contributed by atoms with Crippen LogP contribution >= 0.6 is 0 Å². The molecule has 6 unspecified atom stereocenters. The van der Waals surface area contributed by atoms with Crippen molar-refractivity contribution in [1.82, 2.24) is 0 Å². The molecule has 7 rings (SSSR count). The van der Waals surface area contributed by atoms with E-state index < -0.39 is 11.8 Å². The first kappa shape index (κ1) is 28.8. The highest BCUT2D eigenvalue weighted by Gasteiger charge is 2.57. The highest BCUT2D eigenvalue weighted by molar-refractivity contribution is 5.87. The second-order valence-electron chi connectivity index (χ2n) is 14.9. The first-order valence-corrected chi connectivity index (χ1v) is 16.2. The highest BCUT2D eigenvalue weighted by Crippen LogP contribution is 2.65. The average molecular weight is 581 g/mol. The van der Waals surface area contributed by atoms with E-state index in [9.17, 15) is 9.90 Å². The molecule has 0 amide bonds. The third-order valence-electron chi connectivity index (χ3n) is 11.5. The van der Waals surface area contributed by atoms with Crippen molar-refractivity contribution < 1.29 is 24.5 Å². The Morgan fingerprint density at radius 3 is 2.16 bits per heavy atom. The molecule has 3 saturated carbocycles. The van der Waals surface area contributed by atoms with Crippen LogP contribution in [-0.2, 0) is 9.47 Å². The van der Waals surface area contributed by atoms with Crippen LogP contribution in [0, 0.1) is 40.4 Å². The van der Waals surface area contributed by atoms with E-state index >= 15 is 0 Å². The summed E-state index contributed by atoms with van der Waals surface area (Å²) in [7, 11) is 0. The number of fused-ring (bicyclic) bond motifs is 4. The quantitative estimate of drug-likeness (QED) is 0.287. The van der Waals surface area contributed by atoms with Crippen LogP contribution in [0.4, 0.5) is 0 Å². The number of allylic oxidation sites excluding steroid dienone is 2. The SMILES string of the molecule is CC1(C)COC2(CCC3=C4C(c5ccc(C#Cc6ccc(C(=O)O)cc6)cc5)CC5(C)C(O)CCC5C4CCC3C2)OC1. The Morgan fingerprint density at radius 1 is 0.860 bits per heavy atom. The van der Waals surface area contributed by atoms with Crippen LogP contribution in [0.2, 0.25) is 0 Å². The molecule has 226 valence electrons. The number of carboxylic acids is 1. The Bertz CT molecular complexity index is 1480. The molecule has 1 aliphatic heterocycles. The van der Waals surface area contributed by atoms with Gasteiger partial charge in [-0.25, -0.2) is 4.79 Å². The number of aromatic carboxylic acids is 1. The lowest BCUT2D eigenvalue weighted by atomic mass is 9.52. The summed E-state index contributed by atoms with van der Waals surface area (Å²) in [6.45, 7) is 8.31. The number of rotatable bonds is 2. The van der Waals surface area contributed by atoms with E-state index in [1.165, 1.54) is 18.4 Å². The number of hydrogen-bond acceptors (Lipinski definition) is 4. The van der Waals surface area contributed by atoms with Crippen molar-refractivity contribution in [2.75, 3.05) is 13.2 Å². The predicted octanol–water partition coefficient (Wildman–Crippen LogP) is 7.33. The summed E-state index contributed by atoms with van der Waals surface area (Å²) in [6.07, 6.45) is 8.14. The molecule has 6 atom stereocenters. The fourth-order valence-corrected chi connectivity index (χ4v) is 9.14. The predicted molar refractivity (Wildman–Crippen MR) is 166 cm³/mol. The lowest BCUT2D eigenvalue weighted by Crippen LogP contribution is -2.52. The molecule has 5 heteroatoms. The number of carboxylic acid groups (broad SMARTS) is 1. The van der Waals surface area contributed by atoms with Crippen LogP contribution in [0.1, 0.15) is 105 Å². The van der Waals surface area contributed by atoms with Gasteiger partial charge in [0.05, 0.1) is 24.9 Å². The zero-order chi connectivity index (χ0) is 30.0. The standard InChI is InChI=1S/C38H44O5/c1-36(2)22-42-38(43-23-36)19-18-29-28(20-38)14-15-30-32-16-17-33(39)37(32,3)21-31(34(29)30)26-10-6-24(7-11-26)4-5-25-8-12-27(13-9-25)35(40)41/h6-13,28,30-33,39H,14-23H2,1-3H3,(H,40,41). The number of benzene rings is 2. The topological polar surface area (TPSA) is 76.0 Å². The second kappa shape index (κ2) is 10.6. The van der Waals surface area contributed by atoms with E-state index in [2.05, 4.69) is 56.9 Å². The van der Waals surface area contributed by atoms with Gasteiger partial charge in [-0.1, -0.05) is 55.9 Å². The Hall–Kier alpha value is -2.91. The van der Waals surface area contributed by atoms with Crippen molar-refractivity contribution in [2.45, 2.75) is 89.9 Å². The Morgan fingerprint density at radius 2 is 1.51 bits per heavy atom. The molecule has 4 fully saturated rings. The van der Waals surface area contributed by atoms with Gasteiger partial charge in [-0.3, -0.25) is 0 Å². The molecule has 1 spiro atoms. The Kier molecular flexibility index (Phi) is 7.12. The number of aliphatic hydroxyl groups excluding tert-OH is 1. The van der Waals surface area contributed by atoms with Crippen molar-refractivity contribution in [3.8, 4) is 11.8 Å². The van der Waals surface area contributed by atoms with Gasteiger partial charge in [-0.05, 0) is 104 Å². The lowest BCUT2D eigenvalue weighted by Gasteiger charge is -2.55. The van der Waals surface area contributed by atoms with E-state index in [1.807, 2.05) is 0 Å². The van der Waals surface area contributed by atoms with Gasteiger partial charge in [0, 0.05) is 35.3 Å². The molecule has 2 N–H and O–H groups in total. The first-order valence-electron chi connectivity index (χ1n) is 16.2. The molecule has 0 radical (unpaired) electrons. The van der Waals surface area contributed by atoms with Gasteiger partial charge in [0.15, 0.2) is 5.79 Å². The maximum Gasteiger partial charge on any atom is 0.335 e. The summed E-state index contributed by atoms with van der Waals surface area (Å²) in [5.74, 6) is 6.99. The van der Waals surface area contributed by atoms with Crippen LogP contribution < -0.4 is 0 Å². The third-order valence-corrected chi connectivity index (χ3v) is 11.5. The molecule has 5 aliphatic rings. The zero-order valence-electron chi connectivity index (χ0n) is 25.7. The monoisotopic (exact) mass is 580 g/mol. The van der Waals surface area contributed by atoms with Crippen molar-refractivity contribution in [2.24, 2.45) is 28.6 Å². The van der Waals surface area contributed by atoms with E-state index in [4.69, 9.17) is 14.6 Å². The fourth-order valence-electron chi connectivity index (χ4n) is 9.14. The summed E-state index contributed by atoms with van der Waals surface area (Å²) in [6, 6.07) is 15.4. The summed E-state index contributed by atoms with van der Waals surface area (Å²) >= 11 is 0. The van der Waals surface area contributed by atoms with Crippen LogP contribution in [0.25, 0.3) is 0 Å². The van der Waals surface area contributed by atoms with Crippen LogP contribution in [-0.4, -0.2) is 41.3 Å². The van der Waals surface area contributed by atoms with Crippen molar-refractivity contribution >= 4 is 5.97 Å². The molecule has 2 aromatic rings. The molecular weight excluding hydrogens is 536 g/mol. The highest BCUT2D eigenvalue weighted by atomic mass is 16.7. The average Bonchev–Trinajstić information content (AvgIpc) is 3.31. The number of carbonyl (C=O) groups is 1. The molecule has 1 saturated heterocycles. The molecule has 0 bridgehead atoms. The van der Waals surface area contributed by atoms with Gasteiger partial charge < -0.3 is 19.7 Å². The zero-order valence-corrected chi connectivity index (χ0v) is 25.7. The minimum atomic E-state index is -0.932. The molecule has 4 aliphatic carbocycles. The summed E-state index contributed by atoms with van der Waals surface area (Å²) < 4.78 is 13.0. The molecule has 5 nitrogen and oxygen atoms in total. The van der Waals surface area contributed by atoms with Crippen LogP contribution in [0.5, 0.6) is 0 Å². The molecule has 43 heavy (non-hydrogen) atoms. The van der Waals surface area contributed by atoms with Gasteiger partial charge >= 0.3 is 5.97 Å². The maximum atomic E-state index is 11.2. The van der Waals surface area contributed by atoms with Gasteiger partial charge in [-0.2, -0.15) is 0 Å². The van der Waals surface area contributed by atoms with Gasteiger partial charge in [-0.15, -0.1) is 0 Å². The lowest BCUT2D eigenvalue weighted by molar-refractivity contribution is -0.312. The molecule has 0 aromatic heterocycles. The number of ether oxygens (including phenoxy) is 2. The van der Waals surface area contributed by atoms with Crippen LogP contribution in [0.15, 0.2) is 59.7 Å². The summed E-state index contributed by atoms with van der Waals surface area (Å²) in [5, 5.41) is 20.4. The largest absolute Gasteiger partial charge is 0.478 e. The normalized spacial score (nSPS) is 34.0. The van der Waals surface area contributed by atoms with Crippen molar-refractivity contribution in [3.63, 3.8) is 0 Å². The molecular formula is C38H44O5. The smallest absolute Gasteiger partial charge is 0.335 e. The van der Waals surface area contributed by atoms with E-state index in [-0.39, 0.29) is 22.5 Å². The molecule has 2 aromatic carbocycles. The van der Waals surface area contributed by atoms with Crippen LogP contribution in [0.3, 0.4) is 0 Å². The summed E-state index contributed by atoms with van der Waals surface area (Å²) in [5.41, 5.74) is 6.70. The van der Waals surface area contributed by atoms with E-state index in [0.717, 1.165) is 62.9 Å². The van der Waals surface area contributed by atoms with Gasteiger partial charge in [0.1, 0.15) is 0 Å². The molecule has 1 heterocycles. The van der Waals surface area contributed by atoms with Gasteiger partial charge in [0.2, 0.25) is 0 Å². The van der Waals surface area contributed by atoms with Crippen molar-refractivity contribution in [3.05, 3.63) is 81.9 Å². The second-order valence-corrected chi connectivity index (χ2v) is 14.9. The Balaban J connectivity index is 1.19. The van der Waals surface area contributed by atoms with Crippen molar-refractivity contribution in [1.29, 1.82) is 0 Å². The number of aliphatic hydroxyl groups is 1. The van der Waals surface area contributed by atoms with Gasteiger partial charge in [0.25, 0.3) is 0 Å². The van der Waals surface area contributed by atoms with E-state index in [0.29, 0.717) is 23.7 Å². The minimum Gasteiger partial charge on any atom is -0.478 e. The Labute approximate surface area is 255 Å². The number of hydrogen-bond donors (Lipinski definition) is 2. The first-order chi connectivity index (χ1) is 20.6. The third kappa shape index (κ3) is 5.16. The minimum absolute atomic E-state index is 0.0517. The summed E-state index contributed by atoms with van der Waals surface area (Å²) in [4.78, 5) is 11.1. The fraction of sp³-hybridized carbons (Fsp3) is 0.553. The van der Waals surface area contributed by atoms with E-state index in [1.54, 1.807) is 35.4 Å².